The molecule has 1 aliphatic heterocycles. The van der Waals surface area contributed by atoms with Gasteiger partial charge in [-0.2, -0.15) is 0 Å². The van der Waals surface area contributed by atoms with Gasteiger partial charge in [-0.25, -0.2) is 0 Å². The number of allylic oxidation sites excluding steroid dienone is 2. The Morgan fingerprint density at radius 3 is 2.68 bits per heavy atom. The van der Waals surface area contributed by atoms with E-state index in [-0.39, 0.29) is 29.0 Å². The summed E-state index contributed by atoms with van der Waals surface area (Å²) < 4.78 is 10.8. The average molecular weight is 260 g/mol. The molecule has 0 fully saturated rings. The maximum absolute atomic E-state index is 12.5. The van der Waals surface area contributed by atoms with Gasteiger partial charge in [-0.3, -0.25) is 9.59 Å². The minimum absolute atomic E-state index is 0.110. The van der Waals surface area contributed by atoms with Crippen LogP contribution in [0, 0.1) is 18.8 Å². The average Bonchev–Trinajstić information content (AvgIpc) is 2.78. The number of carbonyl (C=O) groups excluding carboxylic acids is 2. The lowest BCUT2D eigenvalue weighted by atomic mass is 9.81. The van der Waals surface area contributed by atoms with Gasteiger partial charge >= 0.3 is 0 Å². The van der Waals surface area contributed by atoms with Crippen LogP contribution in [-0.4, -0.2) is 18.2 Å². The van der Waals surface area contributed by atoms with Crippen molar-refractivity contribution in [1.82, 2.24) is 0 Å². The molecule has 2 heterocycles. The normalized spacial score (nSPS) is 22.4. The van der Waals surface area contributed by atoms with E-state index in [1.807, 2.05) is 0 Å². The largest absolute Gasteiger partial charge is 0.489 e. The maximum atomic E-state index is 12.5. The third-order valence-corrected chi connectivity index (χ3v) is 4.01. The fourth-order valence-corrected chi connectivity index (χ4v) is 2.67. The summed E-state index contributed by atoms with van der Waals surface area (Å²) in [5.74, 6) is 0.627. The highest BCUT2D eigenvalue weighted by molar-refractivity contribution is 6.25. The van der Waals surface area contributed by atoms with Crippen LogP contribution in [0.15, 0.2) is 22.0 Å². The summed E-state index contributed by atoms with van der Waals surface area (Å²) >= 11 is 0. The van der Waals surface area contributed by atoms with Crippen molar-refractivity contribution in [2.24, 2.45) is 11.8 Å². The van der Waals surface area contributed by atoms with E-state index in [1.54, 1.807) is 6.92 Å². The Labute approximate surface area is 111 Å². The van der Waals surface area contributed by atoms with Crippen molar-refractivity contribution in [3.63, 3.8) is 0 Å². The van der Waals surface area contributed by atoms with Gasteiger partial charge in [0.05, 0.1) is 18.4 Å². The van der Waals surface area contributed by atoms with Crippen molar-refractivity contribution in [2.45, 2.75) is 27.2 Å². The van der Waals surface area contributed by atoms with E-state index in [2.05, 4.69) is 13.8 Å². The Balaban J connectivity index is 2.07. The minimum atomic E-state index is -0.292. The molecule has 4 nitrogen and oxygen atoms in total. The maximum Gasteiger partial charge on any atom is 0.263 e. The molecule has 2 aliphatic rings. The van der Waals surface area contributed by atoms with Crippen LogP contribution < -0.4 is 0 Å². The van der Waals surface area contributed by atoms with E-state index in [9.17, 15) is 9.59 Å². The Morgan fingerprint density at radius 1 is 1.26 bits per heavy atom. The fraction of sp³-hybridized carbons (Fsp3) is 0.467. The molecule has 1 aromatic rings. The fourth-order valence-electron chi connectivity index (χ4n) is 2.67. The van der Waals surface area contributed by atoms with Crippen LogP contribution in [0.25, 0.3) is 0 Å². The van der Waals surface area contributed by atoms with Crippen molar-refractivity contribution < 1.29 is 18.7 Å². The van der Waals surface area contributed by atoms with Crippen molar-refractivity contribution in [3.8, 4) is 0 Å². The van der Waals surface area contributed by atoms with Crippen molar-refractivity contribution in [2.75, 3.05) is 6.61 Å². The quantitative estimate of drug-likeness (QED) is 0.779. The SMILES string of the molecule is Cc1coc2c1C(=O)C1=C(OC[C@H](C(C)C)C1)C2=O. The molecule has 0 saturated carbocycles. The highest BCUT2D eigenvalue weighted by atomic mass is 16.5. The van der Waals surface area contributed by atoms with E-state index in [0.717, 1.165) is 0 Å². The van der Waals surface area contributed by atoms with Crippen molar-refractivity contribution in [1.29, 1.82) is 0 Å². The number of rotatable bonds is 1. The van der Waals surface area contributed by atoms with E-state index in [0.29, 0.717) is 35.6 Å². The summed E-state index contributed by atoms with van der Waals surface area (Å²) in [5.41, 5.74) is 1.65. The van der Waals surface area contributed by atoms with Gasteiger partial charge in [-0.15, -0.1) is 0 Å². The molecule has 100 valence electrons. The van der Waals surface area contributed by atoms with Gasteiger partial charge in [0, 0.05) is 5.57 Å². The third-order valence-electron chi connectivity index (χ3n) is 4.01. The lowest BCUT2D eigenvalue weighted by molar-refractivity contribution is 0.0697. The number of hydrogen-bond donors (Lipinski definition) is 0. The van der Waals surface area contributed by atoms with Gasteiger partial charge in [0.25, 0.3) is 5.78 Å². The van der Waals surface area contributed by atoms with Gasteiger partial charge in [-0.05, 0) is 30.7 Å². The molecular weight excluding hydrogens is 244 g/mol. The number of furan rings is 1. The molecule has 0 amide bonds. The Kier molecular flexibility index (Phi) is 2.62. The number of carbonyl (C=O) groups is 2. The van der Waals surface area contributed by atoms with Gasteiger partial charge in [0.2, 0.25) is 0 Å². The summed E-state index contributed by atoms with van der Waals surface area (Å²) in [7, 11) is 0. The number of fused-ring (bicyclic) bond motifs is 1. The molecule has 0 radical (unpaired) electrons. The second-order valence-electron chi connectivity index (χ2n) is 5.61. The summed E-state index contributed by atoms with van der Waals surface area (Å²) in [6.07, 6.45) is 2.07. The van der Waals surface area contributed by atoms with Gasteiger partial charge in [0.1, 0.15) is 0 Å². The molecular formula is C15H16O4. The molecule has 0 bridgehead atoms. The van der Waals surface area contributed by atoms with Crippen LogP contribution >= 0.6 is 0 Å². The Morgan fingerprint density at radius 2 is 2.00 bits per heavy atom. The first kappa shape index (κ1) is 12.2. The van der Waals surface area contributed by atoms with Gasteiger partial charge < -0.3 is 9.15 Å². The highest BCUT2D eigenvalue weighted by Crippen LogP contribution is 2.37. The van der Waals surface area contributed by atoms with Gasteiger partial charge in [-0.1, -0.05) is 13.8 Å². The first-order valence-electron chi connectivity index (χ1n) is 6.54. The second-order valence-corrected chi connectivity index (χ2v) is 5.61. The molecule has 0 unspecified atom stereocenters. The molecule has 19 heavy (non-hydrogen) atoms. The zero-order chi connectivity index (χ0) is 13.7. The summed E-state index contributed by atoms with van der Waals surface area (Å²) in [5, 5.41) is 0. The van der Waals surface area contributed by atoms with E-state index in [1.165, 1.54) is 6.26 Å². The summed E-state index contributed by atoms with van der Waals surface area (Å²) in [4.78, 5) is 24.8. The molecule has 1 aliphatic carbocycles. The van der Waals surface area contributed by atoms with Crippen LogP contribution in [0.2, 0.25) is 0 Å². The standard InChI is InChI=1S/C15H16O4/c1-7(2)9-4-10-12(16)11-8(3)5-18-15(11)13(17)14(10)19-6-9/h5,7,9H,4,6H2,1-3H3/t9-/m1/s1. The molecule has 1 atom stereocenters. The Hall–Kier alpha value is -1.84. The highest BCUT2D eigenvalue weighted by Gasteiger charge is 2.41. The zero-order valence-corrected chi connectivity index (χ0v) is 11.3. The van der Waals surface area contributed by atoms with Crippen molar-refractivity contribution >= 4 is 11.6 Å². The molecule has 0 N–H and O–H groups in total. The Bertz CT molecular complexity index is 604. The van der Waals surface area contributed by atoms with E-state index in [4.69, 9.17) is 9.15 Å². The number of hydrogen-bond acceptors (Lipinski definition) is 4. The molecule has 0 spiro atoms. The molecule has 4 heteroatoms. The minimum Gasteiger partial charge on any atom is -0.489 e. The number of ketones is 2. The van der Waals surface area contributed by atoms with Crippen LogP contribution in [-0.2, 0) is 4.74 Å². The van der Waals surface area contributed by atoms with Crippen LogP contribution in [0.3, 0.4) is 0 Å². The number of ether oxygens (including phenoxy) is 1. The first-order valence-corrected chi connectivity index (χ1v) is 6.54. The third kappa shape index (κ3) is 1.66. The first-order chi connectivity index (χ1) is 9.00. The summed E-state index contributed by atoms with van der Waals surface area (Å²) in [6.45, 7) is 6.47. The van der Waals surface area contributed by atoms with Crippen LogP contribution in [0.4, 0.5) is 0 Å². The summed E-state index contributed by atoms with van der Waals surface area (Å²) in [6, 6.07) is 0. The molecule has 3 rings (SSSR count). The monoisotopic (exact) mass is 260 g/mol. The molecule has 1 aromatic heterocycles. The van der Waals surface area contributed by atoms with Crippen LogP contribution in [0.5, 0.6) is 0 Å². The van der Waals surface area contributed by atoms with Crippen LogP contribution in [0.1, 0.15) is 46.7 Å². The number of aryl methyl sites for hydroxylation is 1. The van der Waals surface area contributed by atoms with Crippen molar-refractivity contribution in [3.05, 3.63) is 34.5 Å². The predicted molar refractivity (Wildman–Crippen MR) is 68.0 cm³/mol. The van der Waals surface area contributed by atoms with E-state index >= 15 is 0 Å². The molecule has 0 aromatic carbocycles. The molecule has 0 saturated heterocycles. The smallest absolute Gasteiger partial charge is 0.263 e. The predicted octanol–water partition coefficient (Wildman–Crippen LogP) is 2.91. The van der Waals surface area contributed by atoms with E-state index < -0.39 is 0 Å². The second kappa shape index (κ2) is 4.08. The topological polar surface area (TPSA) is 56.5 Å². The zero-order valence-electron chi connectivity index (χ0n) is 11.3. The lowest BCUT2D eigenvalue weighted by Gasteiger charge is -2.30. The number of Topliss-reactive ketones (excluding diaryl/α,β-unsaturated/α-hetero) is 2. The van der Waals surface area contributed by atoms with Gasteiger partial charge in [0.15, 0.2) is 17.3 Å². The lowest BCUT2D eigenvalue weighted by Crippen LogP contribution is -2.31.